The molecule has 0 unspecified atom stereocenters. The summed E-state index contributed by atoms with van der Waals surface area (Å²) >= 11 is 1.95. The lowest BCUT2D eigenvalue weighted by Crippen LogP contribution is -2.47. The van der Waals surface area contributed by atoms with E-state index in [0.717, 1.165) is 62.4 Å². The van der Waals surface area contributed by atoms with Gasteiger partial charge >= 0.3 is 6.03 Å². The number of hydrogen-bond donors (Lipinski definition) is 1. The number of anilines is 1. The first-order valence-corrected chi connectivity index (χ1v) is 15.1. The van der Waals surface area contributed by atoms with Gasteiger partial charge in [0.05, 0.1) is 5.69 Å². The molecule has 3 amide bonds. The first-order valence-electron chi connectivity index (χ1n) is 14.1. The number of urea groups is 1. The molecule has 204 valence electrons. The Morgan fingerprint density at radius 1 is 0.769 bits per heavy atom. The molecule has 2 saturated heterocycles. The average molecular weight is 543 g/mol. The lowest BCUT2D eigenvalue weighted by molar-refractivity contribution is -0.130. The third kappa shape index (κ3) is 5.85. The first kappa shape index (κ1) is 27.3. The summed E-state index contributed by atoms with van der Waals surface area (Å²) in [5.74, 6) is 0.949. The number of piperazine rings is 1. The molecule has 39 heavy (non-hydrogen) atoms. The number of amides is 3. The molecule has 0 aliphatic carbocycles. The predicted molar refractivity (Wildman–Crippen MR) is 159 cm³/mol. The van der Waals surface area contributed by atoms with Gasteiger partial charge in [-0.3, -0.25) is 14.6 Å². The highest BCUT2D eigenvalue weighted by Crippen LogP contribution is 2.36. The molecule has 3 aromatic carbocycles. The Labute approximate surface area is 236 Å². The van der Waals surface area contributed by atoms with Crippen molar-refractivity contribution in [1.29, 1.82) is 0 Å². The van der Waals surface area contributed by atoms with Gasteiger partial charge in [-0.15, -0.1) is 11.8 Å². The maximum absolute atomic E-state index is 13.8. The molecule has 7 heteroatoms. The van der Waals surface area contributed by atoms with Crippen LogP contribution >= 0.6 is 11.8 Å². The molecule has 5 rings (SSSR count). The second-order valence-corrected chi connectivity index (χ2v) is 11.4. The van der Waals surface area contributed by atoms with Crippen molar-refractivity contribution in [2.24, 2.45) is 0 Å². The number of nitrogens with zero attached hydrogens (tertiary/aromatic N) is 3. The van der Waals surface area contributed by atoms with Crippen LogP contribution in [0.4, 0.5) is 10.5 Å². The summed E-state index contributed by atoms with van der Waals surface area (Å²) < 4.78 is 0. The smallest absolute Gasteiger partial charge is 0.325 e. The fraction of sp³-hybridized carbons (Fsp3) is 0.375. The molecule has 0 radical (unpaired) electrons. The first-order chi connectivity index (χ1) is 19.1. The van der Waals surface area contributed by atoms with Gasteiger partial charge in [-0.05, 0) is 54.8 Å². The molecule has 3 aromatic rings. The fourth-order valence-corrected chi connectivity index (χ4v) is 6.53. The Morgan fingerprint density at radius 2 is 1.36 bits per heavy atom. The molecule has 0 aromatic heterocycles. The van der Waals surface area contributed by atoms with Gasteiger partial charge in [0.1, 0.15) is 0 Å². The van der Waals surface area contributed by atoms with Crippen LogP contribution in [-0.4, -0.2) is 66.8 Å². The minimum atomic E-state index is -1.18. The highest BCUT2D eigenvalue weighted by molar-refractivity contribution is 7.99. The molecular weight excluding hydrogens is 504 g/mol. The summed E-state index contributed by atoms with van der Waals surface area (Å²) in [7, 11) is 0. The number of nitrogens with one attached hydrogen (secondary N) is 1. The van der Waals surface area contributed by atoms with Crippen LogP contribution in [0, 0.1) is 0 Å². The molecule has 0 bridgehead atoms. The van der Waals surface area contributed by atoms with Gasteiger partial charge in [-0.2, -0.15) is 0 Å². The second kappa shape index (κ2) is 12.7. The van der Waals surface area contributed by atoms with Crippen LogP contribution in [0.1, 0.15) is 37.3 Å². The number of thioether (sulfide) groups is 1. The van der Waals surface area contributed by atoms with Gasteiger partial charge in [0, 0.05) is 37.6 Å². The maximum atomic E-state index is 13.8. The monoisotopic (exact) mass is 542 g/mol. The summed E-state index contributed by atoms with van der Waals surface area (Å²) in [6.07, 6.45) is 2.91. The van der Waals surface area contributed by atoms with Crippen molar-refractivity contribution >= 4 is 29.4 Å². The Bertz CT molecular complexity index is 1210. The van der Waals surface area contributed by atoms with Gasteiger partial charge in [-0.25, -0.2) is 4.79 Å². The molecule has 2 heterocycles. The maximum Gasteiger partial charge on any atom is 0.325 e. The summed E-state index contributed by atoms with van der Waals surface area (Å²) in [5, 5.41) is 3.05. The molecule has 2 fully saturated rings. The van der Waals surface area contributed by atoms with E-state index in [-0.39, 0.29) is 11.9 Å². The number of hydrogen-bond acceptors (Lipinski definition) is 5. The van der Waals surface area contributed by atoms with Gasteiger partial charge in [0.25, 0.3) is 5.91 Å². The molecule has 6 nitrogen and oxygen atoms in total. The summed E-state index contributed by atoms with van der Waals surface area (Å²) in [6.45, 7) is 7.73. The van der Waals surface area contributed by atoms with E-state index in [0.29, 0.717) is 6.54 Å². The van der Waals surface area contributed by atoms with Crippen LogP contribution in [0.5, 0.6) is 0 Å². The highest BCUT2D eigenvalue weighted by atomic mass is 32.2. The van der Waals surface area contributed by atoms with E-state index in [9.17, 15) is 9.59 Å². The number of carbonyl (C=O) groups excluding carboxylic acids is 2. The van der Waals surface area contributed by atoms with Crippen molar-refractivity contribution in [1.82, 2.24) is 15.1 Å². The number of carbonyl (C=O) groups is 2. The Morgan fingerprint density at radius 3 is 2.00 bits per heavy atom. The molecule has 2 aliphatic heterocycles. The standard InChI is InChI=1S/C32H38N4O2S/c1-2-25-39-29-18-10-9-17-28(29)35-23-21-34(22-24-35)19-11-12-20-36-30(37)32(33-31(36)38,26-13-5-3-6-14-26)27-15-7-4-8-16-27/h3-10,13-18H,2,11-12,19-25H2,1H3,(H,33,38). The zero-order valence-electron chi connectivity index (χ0n) is 22.7. The van der Waals surface area contributed by atoms with Gasteiger partial charge in [-0.1, -0.05) is 79.7 Å². The topological polar surface area (TPSA) is 55.9 Å². The van der Waals surface area contributed by atoms with E-state index >= 15 is 0 Å². The van der Waals surface area contributed by atoms with Crippen molar-refractivity contribution in [2.45, 2.75) is 36.6 Å². The molecule has 2 aliphatic rings. The Balaban J connectivity index is 1.15. The zero-order chi connectivity index (χ0) is 27.1. The lowest BCUT2D eigenvalue weighted by atomic mass is 9.82. The highest BCUT2D eigenvalue weighted by Gasteiger charge is 2.53. The normalized spacial score (nSPS) is 17.5. The minimum absolute atomic E-state index is 0.196. The SMILES string of the molecule is CCCSc1ccccc1N1CCN(CCCCN2C(=O)NC(c3ccccc3)(c3ccccc3)C2=O)CC1. The van der Waals surface area contributed by atoms with E-state index in [2.05, 4.69) is 46.3 Å². The average Bonchev–Trinajstić information content (AvgIpc) is 3.25. The molecule has 1 N–H and O–H groups in total. The van der Waals surface area contributed by atoms with Crippen molar-refractivity contribution in [2.75, 3.05) is 49.9 Å². The largest absolute Gasteiger partial charge is 0.368 e. The molecular formula is C32H38N4O2S. The van der Waals surface area contributed by atoms with E-state index in [1.54, 1.807) is 0 Å². The van der Waals surface area contributed by atoms with Crippen LogP contribution < -0.4 is 10.2 Å². The minimum Gasteiger partial charge on any atom is -0.368 e. The Kier molecular flexibility index (Phi) is 8.89. The van der Waals surface area contributed by atoms with Gasteiger partial charge in [0.15, 0.2) is 5.54 Å². The van der Waals surface area contributed by atoms with Crippen molar-refractivity contribution in [3.8, 4) is 0 Å². The number of benzene rings is 3. The van der Waals surface area contributed by atoms with Crippen LogP contribution in [0.3, 0.4) is 0 Å². The van der Waals surface area contributed by atoms with Crippen molar-refractivity contribution in [3.05, 3.63) is 96.1 Å². The molecule has 0 saturated carbocycles. The summed E-state index contributed by atoms with van der Waals surface area (Å²) in [4.78, 5) is 34.7. The predicted octanol–water partition coefficient (Wildman–Crippen LogP) is 5.59. The molecule has 0 spiro atoms. The second-order valence-electron chi connectivity index (χ2n) is 10.2. The quantitative estimate of drug-likeness (QED) is 0.195. The van der Waals surface area contributed by atoms with Crippen LogP contribution in [-0.2, 0) is 10.3 Å². The van der Waals surface area contributed by atoms with E-state index in [4.69, 9.17) is 0 Å². The van der Waals surface area contributed by atoms with E-state index in [1.165, 1.54) is 21.9 Å². The number of para-hydroxylation sites is 1. The number of unbranched alkanes of at least 4 members (excludes halogenated alkanes) is 1. The third-order valence-corrected chi connectivity index (χ3v) is 8.93. The third-order valence-electron chi connectivity index (χ3n) is 7.67. The van der Waals surface area contributed by atoms with E-state index < -0.39 is 5.54 Å². The number of rotatable bonds is 11. The summed E-state index contributed by atoms with van der Waals surface area (Å²) in [5.41, 5.74) is 1.74. The lowest BCUT2D eigenvalue weighted by Gasteiger charge is -2.37. The van der Waals surface area contributed by atoms with Crippen LogP contribution in [0.25, 0.3) is 0 Å². The molecule has 0 atom stereocenters. The Hall–Kier alpha value is -3.29. The summed E-state index contributed by atoms with van der Waals surface area (Å²) in [6, 6.07) is 27.6. The van der Waals surface area contributed by atoms with E-state index in [1.807, 2.05) is 72.4 Å². The van der Waals surface area contributed by atoms with Crippen molar-refractivity contribution < 1.29 is 9.59 Å². The number of imide groups is 1. The van der Waals surface area contributed by atoms with Crippen LogP contribution in [0.15, 0.2) is 89.8 Å². The van der Waals surface area contributed by atoms with Gasteiger partial charge in [0.2, 0.25) is 0 Å². The zero-order valence-corrected chi connectivity index (χ0v) is 23.5. The van der Waals surface area contributed by atoms with Crippen LogP contribution in [0.2, 0.25) is 0 Å². The van der Waals surface area contributed by atoms with Crippen molar-refractivity contribution in [3.63, 3.8) is 0 Å². The fourth-order valence-electron chi connectivity index (χ4n) is 5.58. The van der Waals surface area contributed by atoms with Gasteiger partial charge < -0.3 is 10.2 Å².